The van der Waals surface area contributed by atoms with Crippen LogP contribution in [0.15, 0.2) is 12.1 Å². The number of thiophene rings is 1. The van der Waals surface area contributed by atoms with Crippen LogP contribution in [-0.4, -0.2) is 11.1 Å². The molecule has 4 heteroatoms. The van der Waals surface area contributed by atoms with Crippen molar-refractivity contribution in [3.63, 3.8) is 0 Å². The van der Waals surface area contributed by atoms with Crippen molar-refractivity contribution in [2.24, 2.45) is 5.73 Å². The highest BCUT2D eigenvalue weighted by Crippen LogP contribution is 2.28. The van der Waals surface area contributed by atoms with Crippen LogP contribution in [0, 0.1) is 0 Å². The minimum absolute atomic E-state index is 0.195. The molecular formula is C8H12ClNOS. The highest BCUT2D eigenvalue weighted by Gasteiger charge is 2.16. The topological polar surface area (TPSA) is 46.2 Å². The zero-order valence-corrected chi connectivity index (χ0v) is 8.40. The van der Waals surface area contributed by atoms with Crippen molar-refractivity contribution in [1.82, 2.24) is 0 Å². The van der Waals surface area contributed by atoms with Crippen molar-refractivity contribution >= 4 is 22.9 Å². The Balaban J connectivity index is 2.70. The number of rotatable bonds is 3. The summed E-state index contributed by atoms with van der Waals surface area (Å²) in [5.41, 5.74) is 5.67. The van der Waals surface area contributed by atoms with E-state index in [4.69, 9.17) is 17.3 Å². The predicted molar refractivity (Wildman–Crippen MR) is 52.6 cm³/mol. The molecule has 1 heterocycles. The van der Waals surface area contributed by atoms with E-state index in [1.54, 1.807) is 6.07 Å². The summed E-state index contributed by atoms with van der Waals surface area (Å²) >= 11 is 7.09. The highest BCUT2D eigenvalue weighted by atomic mass is 35.5. The third kappa shape index (κ3) is 2.20. The van der Waals surface area contributed by atoms with Gasteiger partial charge in [-0.2, -0.15) is 0 Å². The second kappa shape index (κ2) is 4.23. The van der Waals surface area contributed by atoms with Gasteiger partial charge in [0.15, 0.2) is 0 Å². The van der Waals surface area contributed by atoms with Crippen LogP contribution in [0.3, 0.4) is 0 Å². The molecule has 0 amide bonds. The number of aliphatic hydroxyl groups excluding tert-OH is 1. The Morgan fingerprint density at radius 2 is 2.33 bits per heavy atom. The fourth-order valence-electron chi connectivity index (χ4n) is 0.921. The lowest BCUT2D eigenvalue weighted by molar-refractivity contribution is 0.148. The molecule has 1 aromatic heterocycles. The summed E-state index contributed by atoms with van der Waals surface area (Å²) in [6.45, 7) is 1.95. The molecule has 0 bridgehead atoms. The second-order valence-electron chi connectivity index (χ2n) is 2.66. The van der Waals surface area contributed by atoms with E-state index in [1.807, 2.05) is 13.0 Å². The fraction of sp³-hybridized carbons (Fsp3) is 0.500. The molecular weight excluding hydrogens is 194 g/mol. The van der Waals surface area contributed by atoms with Crippen molar-refractivity contribution in [2.75, 3.05) is 0 Å². The lowest BCUT2D eigenvalue weighted by Crippen LogP contribution is -2.26. The summed E-state index contributed by atoms with van der Waals surface area (Å²) in [5.74, 6) is 0. The monoisotopic (exact) mass is 205 g/mol. The maximum atomic E-state index is 9.63. The number of hydrogen-bond acceptors (Lipinski definition) is 3. The minimum Gasteiger partial charge on any atom is -0.386 e. The quantitative estimate of drug-likeness (QED) is 0.795. The summed E-state index contributed by atoms with van der Waals surface area (Å²) in [6, 6.07) is 3.39. The molecule has 0 aromatic carbocycles. The van der Waals surface area contributed by atoms with Gasteiger partial charge >= 0.3 is 0 Å². The summed E-state index contributed by atoms with van der Waals surface area (Å²) in [4.78, 5) is 0.842. The van der Waals surface area contributed by atoms with Gasteiger partial charge in [-0.05, 0) is 18.6 Å². The molecule has 0 unspecified atom stereocenters. The van der Waals surface area contributed by atoms with Gasteiger partial charge in [0.2, 0.25) is 0 Å². The molecule has 0 saturated heterocycles. The minimum atomic E-state index is -0.576. The molecule has 0 spiro atoms. The lowest BCUT2D eigenvalue weighted by Gasteiger charge is -2.14. The van der Waals surface area contributed by atoms with E-state index in [9.17, 15) is 5.11 Å². The van der Waals surface area contributed by atoms with Crippen LogP contribution in [0.4, 0.5) is 0 Å². The normalized spacial score (nSPS) is 16.0. The molecule has 0 radical (unpaired) electrons. The van der Waals surface area contributed by atoms with Gasteiger partial charge in [0.05, 0.1) is 4.34 Å². The molecule has 1 aromatic rings. The largest absolute Gasteiger partial charge is 0.386 e. The van der Waals surface area contributed by atoms with Gasteiger partial charge in [-0.3, -0.25) is 0 Å². The molecule has 0 fully saturated rings. The highest BCUT2D eigenvalue weighted by molar-refractivity contribution is 7.16. The van der Waals surface area contributed by atoms with E-state index in [0.717, 1.165) is 11.3 Å². The standard InChI is InChI=1S/C8H12ClNOS/c1-2-5(10)8(11)6-3-4-7(9)12-6/h3-5,8,11H,2,10H2,1H3/t5-,8-/m1/s1. The van der Waals surface area contributed by atoms with Crippen molar-refractivity contribution in [3.8, 4) is 0 Å². The zero-order valence-electron chi connectivity index (χ0n) is 6.83. The van der Waals surface area contributed by atoms with Crippen LogP contribution in [-0.2, 0) is 0 Å². The summed E-state index contributed by atoms with van der Waals surface area (Å²) in [6.07, 6.45) is 0.184. The SMILES string of the molecule is CC[C@@H](N)[C@@H](O)c1ccc(Cl)s1. The third-order valence-electron chi connectivity index (χ3n) is 1.76. The molecule has 2 atom stereocenters. The molecule has 0 aliphatic rings. The van der Waals surface area contributed by atoms with E-state index < -0.39 is 6.10 Å². The summed E-state index contributed by atoms with van der Waals surface area (Å²) in [5, 5.41) is 9.63. The Morgan fingerprint density at radius 1 is 1.67 bits per heavy atom. The molecule has 0 aliphatic carbocycles. The smallest absolute Gasteiger partial charge is 0.103 e. The Kier molecular flexibility index (Phi) is 3.53. The van der Waals surface area contributed by atoms with Crippen molar-refractivity contribution in [3.05, 3.63) is 21.3 Å². The van der Waals surface area contributed by atoms with Crippen molar-refractivity contribution in [2.45, 2.75) is 25.5 Å². The molecule has 1 rings (SSSR count). The summed E-state index contributed by atoms with van der Waals surface area (Å²) in [7, 11) is 0. The molecule has 12 heavy (non-hydrogen) atoms. The van der Waals surface area contributed by atoms with E-state index in [-0.39, 0.29) is 6.04 Å². The van der Waals surface area contributed by atoms with Gasteiger partial charge < -0.3 is 10.8 Å². The van der Waals surface area contributed by atoms with Gasteiger partial charge in [-0.1, -0.05) is 18.5 Å². The van der Waals surface area contributed by atoms with Crippen LogP contribution in [0.5, 0.6) is 0 Å². The second-order valence-corrected chi connectivity index (χ2v) is 4.41. The van der Waals surface area contributed by atoms with E-state index in [1.165, 1.54) is 11.3 Å². The average Bonchev–Trinajstić information content (AvgIpc) is 2.49. The third-order valence-corrected chi connectivity index (χ3v) is 3.06. The van der Waals surface area contributed by atoms with Crippen LogP contribution in [0.25, 0.3) is 0 Å². The van der Waals surface area contributed by atoms with E-state index in [0.29, 0.717) is 4.34 Å². The van der Waals surface area contributed by atoms with E-state index >= 15 is 0 Å². The number of hydrogen-bond donors (Lipinski definition) is 2. The van der Waals surface area contributed by atoms with Gasteiger partial charge in [-0.15, -0.1) is 11.3 Å². The Morgan fingerprint density at radius 3 is 2.75 bits per heavy atom. The van der Waals surface area contributed by atoms with E-state index in [2.05, 4.69) is 0 Å². The van der Waals surface area contributed by atoms with Crippen LogP contribution in [0.1, 0.15) is 24.3 Å². The molecule has 0 aliphatic heterocycles. The number of aliphatic hydroxyl groups is 1. The van der Waals surface area contributed by atoms with Crippen molar-refractivity contribution in [1.29, 1.82) is 0 Å². The first kappa shape index (κ1) is 9.99. The summed E-state index contributed by atoms with van der Waals surface area (Å²) < 4.78 is 0.687. The molecule has 3 N–H and O–H groups in total. The Labute approximate surface area is 81.0 Å². The van der Waals surface area contributed by atoms with Crippen LogP contribution >= 0.6 is 22.9 Å². The van der Waals surface area contributed by atoms with Crippen molar-refractivity contribution < 1.29 is 5.11 Å². The zero-order chi connectivity index (χ0) is 9.14. The Bertz CT molecular complexity index is 251. The number of halogens is 1. The first-order chi connectivity index (χ1) is 5.65. The van der Waals surface area contributed by atoms with Gasteiger partial charge in [0.25, 0.3) is 0 Å². The predicted octanol–water partition coefficient (Wildman–Crippen LogP) is 2.17. The first-order valence-electron chi connectivity index (χ1n) is 3.84. The molecule has 0 saturated carbocycles. The lowest BCUT2D eigenvalue weighted by atomic mass is 10.1. The molecule has 68 valence electrons. The van der Waals surface area contributed by atoms with Gasteiger partial charge in [-0.25, -0.2) is 0 Å². The van der Waals surface area contributed by atoms with Crippen LogP contribution < -0.4 is 5.73 Å². The molecule has 2 nitrogen and oxygen atoms in total. The van der Waals surface area contributed by atoms with Gasteiger partial charge in [0.1, 0.15) is 6.10 Å². The van der Waals surface area contributed by atoms with Gasteiger partial charge in [0, 0.05) is 10.9 Å². The van der Waals surface area contributed by atoms with Crippen LogP contribution in [0.2, 0.25) is 4.34 Å². The average molecular weight is 206 g/mol. The maximum absolute atomic E-state index is 9.63. The maximum Gasteiger partial charge on any atom is 0.103 e. The number of nitrogens with two attached hydrogens (primary N) is 1. The Hall–Kier alpha value is -0.0900. The first-order valence-corrected chi connectivity index (χ1v) is 5.03. The fourth-order valence-corrected chi connectivity index (χ4v) is 2.04.